The van der Waals surface area contributed by atoms with Crippen LogP contribution in [0.25, 0.3) is 4.96 Å². The Hall–Kier alpha value is -2.12. The molecule has 0 unspecified atom stereocenters. The van der Waals surface area contributed by atoms with Crippen LogP contribution < -0.4 is 4.74 Å². The third kappa shape index (κ3) is 3.98. The average molecular weight is 415 g/mol. The number of likely N-dealkylation sites (tertiary alicyclic amines) is 1. The van der Waals surface area contributed by atoms with E-state index in [1.807, 2.05) is 26.0 Å². The first-order valence-corrected chi connectivity index (χ1v) is 11.4. The summed E-state index contributed by atoms with van der Waals surface area (Å²) in [6.45, 7) is 11.3. The van der Waals surface area contributed by atoms with Crippen molar-refractivity contribution in [2.24, 2.45) is 11.8 Å². The molecule has 1 aliphatic rings. The molecule has 3 heterocycles. The van der Waals surface area contributed by atoms with Gasteiger partial charge in [0.05, 0.1) is 17.5 Å². The van der Waals surface area contributed by atoms with E-state index in [2.05, 4.69) is 41.0 Å². The van der Waals surface area contributed by atoms with E-state index in [0.717, 1.165) is 46.5 Å². The van der Waals surface area contributed by atoms with Gasteiger partial charge in [0.15, 0.2) is 5.82 Å². The van der Waals surface area contributed by atoms with Crippen LogP contribution in [-0.4, -0.2) is 44.3 Å². The van der Waals surface area contributed by atoms with Gasteiger partial charge in [0.1, 0.15) is 5.75 Å². The van der Waals surface area contributed by atoms with Crippen molar-refractivity contribution in [1.82, 2.24) is 19.5 Å². The van der Waals surface area contributed by atoms with Crippen LogP contribution >= 0.6 is 11.3 Å². The molecule has 0 bridgehead atoms. The SMILES string of the molecule is CCOc1ccc([C@H](c2sc3nc(CC)nn3c2O)N2C[C@H](C)C[C@H](C)C2)cc1. The van der Waals surface area contributed by atoms with E-state index < -0.39 is 0 Å². The molecule has 3 aromatic rings. The van der Waals surface area contributed by atoms with E-state index in [4.69, 9.17) is 4.74 Å². The Labute approximate surface area is 176 Å². The monoisotopic (exact) mass is 414 g/mol. The molecule has 4 rings (SSSR count). The van der Waals surface area contributed by atoms with Crippen molar-refractivity contribution in [2.45, 2.75) is 46.6 Å². The lowest BCUT2D eigenvalue weighted by Gasteiger charge is -2.40. The Balaban J connectivity index is 1.77. The van der Waals surface area contributed by atoms with Crippen molar-refractivity contribution >= 4 is 16.3 Å². The molecule has 1 N–H and O–H groups in total. The first kappa shape index (κ1) is 20.2. The average Bonchev–Trinajstić information content (AvgIpc) is 3.22. The van der Waals surface area contributed by atoms with Crippen molar-refractivity contribution in [3.8, 4) is 11.6 Å². The number of benzene rings is 1. The molecular formula is C22H30N4O2S. The molecule has 1 fully saturated rings. The summed E-state index contributed by atoms with van der Waals surface area (Å²) in [7, 11) is 0. The highest BCUT2D eigenvalue weighted by atomic mass is 32.1. The Morgan fingerprint density at radius 2 is 1.86 bits per heavy atom. The first-order valence-electron chi connectivity index (χ1n) is 10.5. The fraction of sp³-hybridized carbons (Fsp3) is 0.545. The predicted octanol–water partition coefficient (Wildman–Crippen LogP) is 4.52. The van der Waals surface area contributed by atoms with Gasteiger partial charge in [-0.15, -0.1) is 5.10 Å². The summed E-state index contributed by atoms with van der Waals surface area (Å²) in [5.41, 5.74) is 1.16. The van der Waals surface area contributed by atoms with E-state index >= 15 is 0 Å². The summed E-state index contributed by atoms with van der Waals surface area (Å²) < 4.78 is 7.22. The maximum atomic E-state index is 11.1. The van der Waals surface area contributed by atoms with Crippen LogP contribution in [-0.2, 0) is 6.42 Å². The molecule has 2 aromatic heterocycles. The number of nitrogens with zero attached hydrogens (tertiary/aromatic N) is 4. The number of aromatic nitrogens is 3. The van der Waals surface area contributed by atoms with Gasteiger partial charge in [0.2, 0.25) is 10.8 Å². The van der Waals surface area contributed by atoms with E-state index in [-0.39, 0.29) is 11.9 Å². The lowest BCUT2D eigenvalue weighted by Crippen LogP contribution is -2.41. The molecule has 1 aliphatic heterocycles. The second-order valence-electron chi connectivity index (χ2n) is 8.17. The van der Waals surface area contributed by atoms with Crippen molar-refractivity contribution in [3.05, 3.63) is 40.5 Å². The smallest absolute Gasteiger partial charge is 0.230 e. The molecule has 0 aliphatic carbocycles. The molecule has 1 saturated heterocycles. The minimum atomic E-state index is -0.0190. The second-order valence-corrected chi connectivity index (χ2v) is 9.18. The largest absolute Gasteiger partial charge is 0.494 e. The predicted molar refractivity (Wildman–Crippen MR) is 116 cm³/mol. The number of hydrogen-bond donors (Lipinski definition) is 1. The van der Waals surface area contributed by atoms with Crippen LogP contribution in [0, 0.1) is 11.8 Å². The molecule has 0 spiro atoms. The molecular weight excluding hydrogens is 384 g/mol. The summed E-state index contributed by atoms with van der Waals surface area (Å²) in [6.07, 6.45) is 2.00. The van der Waals surface area contributed by atoms with Crippen LogP contribution in [0.15, 0.2) is 24.3 Å². The highest BCUT2D eigenvalue weighted by Gasteiger charge is 2.33. The molecule has 156 valence electrons. The molecule has 7 heteroatoms. The summed E-state index contributed by atoms with van der Waals surface area (Å²) in [4.78, 5) is 8.74. The van der Waals surface area contributed by atoms with E-state index in [1.54, 1.807) is 15.9 Å². The summed E-state index contributed by atoms with van der Waals surface area (Å²) in [5, 5.41) is 15.5. The Morgan fingerprint density at radius 1 is 1.17 bits per heavy atom. The second kappa shape index (κ2) is 8.32. The summed E-state index contributed by atoms with van der Waals surface area (Å²) in [6, 6.07) is 8.26. The van der Waals surface area contributed by atoms with Crippen molar-refractivity contribution in [1.29, 1.82) is 0 Å². The van der Waals surface area contributed by atoms with Gasteiger partial charge in [-0.2, -0.15) is 4.52 Å². The third-order valence-electron chi connectivity index (χ3n) is 5.58. The molecule has 29 heavy (non-hydrogen) atoms. The number of hydrogen-bond acceptors (Lipinski definition) is 6. The van der Waals surface area contributed by atoms with Crippen LogP contribution in [0.5, 0.6) is 11.6 Å². The fourth-order valence-electron chi connectivity index (χ4n) is 4.48. The fourth-order valence-corrected chi connectivity index (χ4v) is 5.62. The zero-order chi connectivity index (χ0) is 20.5. The highest BCUT2D eigenvalue weighted by molar-refractivity contribution is 7.17. The van der Waals surface area contributed by atoms with E-state index in [1.165, 1.54) is 6.42 Å². The third-order valence-corrected chi connectivity index (χ3v) is 6.65. The maximum absolute atomic E-state index is 11.1. The van der Waals surface area contributed by atoms with E-state index in [0.29, 0.717) is 18.4 Å². The van der Waals surface area contributed by atoms with Gasteiger partial charge >= 0.3 is 0 Å². The zero-order valence-corrected chi connectivity index (χ0v) is 18.4. The Bertz CT molecular complexity index is 955. The van der Waals surface area contributed by atoms with Gasteiger partial charge in [-0.3, -0.25) is 4.90 Å². The van der Waals surface area contributed by atoms with Crippen molar-refractivity contribution in [2.75, 3.05) is 19.7 Å². The maximum Gasteiger partial charge on any atom is 0.230 e. The Morgan fingerprint density at radius 3 is 2.45 bits per heavy atom. The normalized spacial score (nSPS) is 21.5. The number of aryl methyl sites for hydroxylation is 1. The number of ether oxygens (including phenoxy) is 1. The Kier molecular flexibility index (Phi) is 5.79. The minimum Gasteiger partial charge on any atom is -0.494 e. The van der Waals surface area contributed by atoms with Crippen LogP contribution in [0.3, 0.4) is 0 Å². The molecule has 6 nitrogen and oxygen atoms in total. The number of thiazole rings is 1. The standard InChI is InChI=1S/C22H30N4O2S/c1-5-18-23-22-26(24-18)21(27)20(29-22)19(25-12-14(3)11-15(4)13-25)16-7-9-17(10-8-16)28-6-2/h7-10,14-15,19,27H,5-6,11-13H2,1-4H3/t14-,15+,19-/m1/s1. The zero-order valence-electron chi connectivity index (χ0n) is 17.6. The van der Waals surface area contributed by atoms with Gasteiger partial charge in [0.25, 0.3) is 0 Å². The molecule has 1 aromatic carbocycles. The number of fused-ring (bicyclic) bond motifs is 1. The lowest BCUT2D eigenvalue weighted by atomic mass is 9.89. The van der Waals surface area contributed by atoms with Gasteiger partial charge in [-0.1, -0.05) is 44.2 Å². The number of aromatic hydroxyl groups is 1. The van der Waals surface area contributed by atoms with Crippen LogP contribution in [0.4, 0.5) is 0 Å². The van der Waals surface area contributed by atoms with Crippen molar-refractivity contribution < 1.29 is 9.84 Å². The van der Waals surface area contributed by atoms with Gasteiger partial charge < -0.3 is 9.84 Å². The number of rotatable bonds is 6. The number of piperidine rings is 1. The highest BCUT2D eigenvalue weighted by Crippen LogP contribution is 2.42. The van der Waals surface area contributed by atoms with Gasteiger partial charge in [0, 0.05) is 19.5 Å². The lowest BCUT2D eigenvalue weighted by molar-refractivity contribution is 0.112. The van der Waals surface area contributed by atoms with Crippen LogP contribution in [0.2, 0.25) is 0 Å². The molecule has 0 amide bonds. The first-order chi connectivity index (χ1) is 14.0. The van der Waals surface area contributed by atoms with Gasteiger partial charge in [-0.25, -0.2) is 4.98 Å². The molecule has 0 radical (unpaired) electrons. The quantitative estimate of drug-likeness (QED) is 0.642. The minimum absolute atomic E-state index is 0.0190. The molecule has 3 atom stereocenters. The van der Waals surface area contributed by atoms with Gasteiger partial charge in [-0.05, 0) is 42.9 Å². The van der Waals surface area contributed by atoms with Crippen molar-refractivity contribution in [3.63, 3.8) is 0 Å². The molecule has 0 saturated carbocycles. The summed E-state index contributed by atoms with van der Waals surface area (Å²) >= 11 is 1.54. The topological polar surface area (TPSA) is 62.9 Å². The van der Waals surface area contributed by atoms with E-state index in [9.17, 15) is 5.11 Å². The van der Waals surface area contributed by atoms with Crippen LogP contribution in [0.1, 0.15) is 56.4 Å². The summed E-state index contributed by atoms with van der Waals surface area (Å²) in [5.74, 6) is 3.09.